The molecule has 0 aliphatic carbocycles. The van der Waals surface area contributed by atoms with Crippen molar-refractivity contribution >= 4 is 50.7 Å². The number of halogens is 2. The highest BCUT2D eigenvalue weighted by atomic mass is 35.5. The van der Waals surface area contributed by atoms with E-state index in [1.54, 1.807) is 50.2 Å². The van der Waals surface area contributed by atoms with Crippen molar-refractivity contribution in [2.24, 2.45) is 0 Å². The minimum Gasteiger partial charge on any atom is -0.354 e. The summed E-state index contributed by atoms with van der Waals surface area (Å²) in [5, 5.41) is 3.55. The third-order valence-electron chi connectivity index (χ3n) is 6.91. The molecule has 0 heterocycles. The predicted octanol–water partition coefficient (Wildman–Crippen LogP) is 6.45. The number of sulfonamides is 1. The first kappa shape index (κ1) is 32.4. The van der Waals surface area contributed by atoms with Crippen LogP contribution in [0.1, 0.15) is 48.9 Å². The number of benzene rings is 3. The molecule has 3 aromatic rings. The van der Waals surface area contributed by atoms with E-state index in [0.29, 0.717) is 33.4 Å². The van der Waals surface area contributed by atoms with Gasteiger partial charge in [0, 0.05) is 28.7 Å². The van der Waals surface area contributed by atoms with Crippen LogP contribution in [0.25, 0.3) is 0 Å². The predicted molar refractivity (Wildman–Crippen MR) is 166 cm³/mol. The van der Waals surface area contributed by atoms with Crippen LogP contribution in [-0.4, -0.2) is 44.3 Å². The molecule has 0 saturated heterocycles. The Morgan fingerprint density at radius 1 is 0.927 bits per heavy atom. The van der Waals surface area contributed by atoms with Crippen LogP contribution in [0.5, 0.6) is 0 Å². The number of hydrogen-bond donors (Lipinski definition) is 1. The highest BCUT2D eigenvalue weighted by Crippen LogP contribution is 2.30. The third kappa shape index (κ3) is 8.03. The van der Waals surface area contributed by atoms with Gasteiger partial charge in [0.05, 0.1) is 10.6 Å². The van der Waals surface area contributed by atoms with E-state index in [1.165, 1.54) is 17.0 Å². The average molecular weight is 619 g/mol. The average Bonchev–Trinajstić information content (AvgIpc) is 2.93. The van der Waals surface area contributed by atoms with Crippen LogP contribution in [-0.2, 0) is 26.2 Å². The number of nitrogens with one attached hydrogen (secondary N) is 1. The van der Waals surface area contributed by atoms with Gasteiger partial charge in [0.15, 0.2) is 0 Å². The van der Waals surface area contributed by atoms with Gasteiger partial charge >= 0.3 is 0 Å². The summed E-state index contributed by atoms with van der Waals surface area (Å²) in [5.41, 5.74) is 3.28. The summed E-state index contributed by atoms with van der Waals surface area (Å²) < 4.78 is 29.2. The summed E-state index contributed by atoms with van der Waals surface area (Å²) >= 11 is 12.9. The smallest absolute Gasteiger partial charge is 0.264 e. The van der Waals surface area contributed by atoms with Crippen molar-refractivity contribution in [3.63, 3.8) is 0 Å². The van der Waals surface area contributed by atoms with E-state index in [1.807, 2.05) is 32.9 Å². The molecule has 0 aliphatic heterocycles. The van der Waals surface area contributed by atoms with E-state index < -0.39 is 28.5 Å². The Morgan fingerprint density at radius 2 is 1.54 bits per heavy atom. The lowest BCUT2D eigenvalue weighted by molar-refractivity contribution is -0.139. The van der Waals surface area contributed by atoms with Crippen molar-refractivity contribution in [3.05, 3.63) is 93.0 Å². The number of aryl methyl sites for hydroxylation is 3. The van der Waals surface area contributed by atoms with Crippen molar-refractivity contribution in [1.82, 2.24) is 10.2 Å². The van der Waals surface area contributed by atoms with Crippen LogP contribution >= 0.6 is 23.2 Å². The Labute approximate surface area is 253 Å². The van der Waals surface area contributed by atoms with Crippen LogP contribution in [0.3, 0.4) is 0 Å². The Hall–Kier alpha value is -3.07. The lowest BCUT2D eigenvalue weighted by Crippen LogP contribution is -2.51. The Morgan fingerprint density at radius 3 is 2.15 bits per heavy atom. The number of carbonyl (C=O) groups is 2. The van der Waals surface area contributed by atoms with Gasteiger partial charge in [-0.3, -0.25) is 13.9 Å². The van der Waals surface area contributed by atoms with E-state index in [4.69, 9.17) is 23.2 Å². The number of unbranched alkanes of at least 4 members (excludes halogenated alkanes) is 1. The molecule has 3 rings (SSSR count). The summed E-state index contributed by atoms with van der Waals surface area (Å²) in [6.45, 7) is 9.00. The lowest BCUT2D eigenvalue weighted by atomic mass is 10.1. The van der Waals surface area contributed by atoms with Crippen LogP contribution in [0.4, 0.5) is 5.69 Å². The minimum absolute atomic E-state index is 0.0582. The number of hydrogen-bond acceptors (Lipinski definition) is 4. The maximum atomic E-state index is 14.1. The highest BCUT2D eigenvalue weighted by molar-refractivity contribution is 7.92. The zero-order valence-corrected chi connectivity index (χ0v) is 26.4. The van der Waals surface area contributed by atoms with Gasteiger partial charge < -0.3 is 10.2 Å². The van der Waals surface area contributed by atoms with E-state index in [2.05, 4.69) is 5.32 Å². The Bertz CT molecular complexity index is 1470. The Balaban J connectivity index is 2.08. The second-order valence-corrected chi connectivity index (χ2v) is 12.8. The van der Waals surface area contributed by atoms with Crippen molar-refractivity contribution < 1.29 is 18.0 Å². The molecule has 0 fully saturated rings. The third-order valence-corrected chi connectivity index (χ3v) is 9.39. The van der Waals surface area contributed by atoms with Gasteiger partial charge in [-0.05, 0) is 75.6 Å². The Kier molecular flexibility index (Phi) is 11.2. The molecule has 0 saturated carbocycles. The summed E-state index contributed by atoms with van der Waals surface area (Å²) in [7, 11) is -4.16. The first-order chi connectivity index (χ1) is 19.4. The number of rotatable bonds is 12. The van der Waals surface area contributed by atoms with Gasteiger partial charge in [0.25, 0.3) is 10.0 Å². The second-order valence-electron chi connectivity index (χ2n) is 10.2. The lowest BCUT2D eigenvalue weighted by Gasteiger charge is -2.33. The van der Waals surface area contributed by atoms with E-state index >= 15 is 0 Å². The molecule has 0 unspecified atom stereocenters. The summed E-state index contributed by atoms with van der Waals surface area (Å²) in [5.74, 6) is -0.926. The molecule has 0 radical (unpaired) electrons. The SMILES string of the molecule is CCCCNC(=O)[C@@H](C)N(Cc1c(Cl)cccc1Cl)C(=O)CN(c1cc(C)ccc1C)S(=O)(=O)c1ccc(C)cc1. The minimum atomic E-state index is -4.16. The normalized spacial score (nSPS) is 12.1. The maximum Gasteiger partial charge on any atom is 0.264 e. The van der Waals surface area contributed by atoms with Crippen LogP contribution in [0, 0.1) is 20.8 Å². The van der Waals surface area contributed by atoms with E-state index in [-0.39, 0.29) is 17.3 Å². The molecule has 1 N–H and O–H groups in total. The number of amides is 2. The standard InChI is InChI=1S/C31H37Cl2N3O4S/c1-6-7-17-34-31(38)24(5)35(19-26-27(32)9-8-10-28(26)33)30(37)20-36(29-18-22(3)11-14-23(29)4)41(39,40)25-15-12-21(2)13-16-25/h8-16,18,24H,6-7,17,19-20H2,1-5H3,(H,34,38)/t24-/m1/s1. The van der Waals surface area contributed by atoms with E-state index in [9.17, 15) is 18.0 Å². The zero-order chi connectivity index (χ0) is 30.3. The van der Waals surface area contributed by atoms with Crippen molar-refractivity contribution in [1.29, 1.82) is 0 Å². The van der Waals surface area contributed by atoms with Gasteiger partial charge in [-0.15, -0.1) is 0 Å². The summed E-state index contributed by atoms with van der Waals surface area (Å²) in [6, 6.07) is 16.0. The zero-order valence-electron chi connectivity index (χ0n) is 24.1. The largest absolute Gasteiger partial charge is 0.354 e. The van der Waals surface area contributed by atoms with Crippen molar-refractivity contribution in [3.8, 4) is 0 Å². The molecule has 0 aromatic heterocycles. The van der Waals surface area contributed by atoms with Gasteiger partial charge in [0.1, 0.15) is 12.6 Å². The fraction of sp³-hybridized carbons (Fsp3) is 0.355. The molecule has 2 amide bonds. The van der Waals surface area contributed by atoms with Crippen LogP contribution in [0.2, 0.25) is 10.0 Å². The highest BCUT2D eigenvalue weighted by Gasteiger charge is 2.33. The fourth-order valence-corrected chi connectivity index (χ4v) is 6.30. The van der Waals surface area contributed by atoms with Gasteiger partial charge in [-0.25, -0.2) is 8.42 Å². The van der Waals surface area contributed by atoms with Gasteiger partial charge in [-0.2, -0.15) is 0 Å². The number of anilines is 1. The summed E-state index contributed by atoms with van der Waals surface area (Å²) in [4.78, 5) is 28.6. The molecule has 220 valence electrons. The molecular weight excluding hydrogens is 581 g/mol. The van der Waals surface area contributed by atoms with Crippen LogP contribution < -0.4 is 9.62 Å². The van der Waals surface area contributed by atoms with Crippen molar-refractivity contribution in [2.45, 2.75) is 64.9 Å². The van der Waals surface area contributed by atoms with Gasteiger partial charge in [-0.1, -0.05) is 72.4 Å². The molecule has 3 aromatic carbocycles. The topological polar surface area (TPSA) is 86.8 Å². The molecule has 41 heavy (non-hydrogen) atoms. The van der Waals surface area contributed by atoms with E-state index in [0.717, 1.165) is 28.3 Å². The second kappa shape index (κ2) is 14.2. The van der Waals surface area contributed by atoms with Gasteiger partial charge in [0.2, 0.25) is 11.8 Å². The fourth-order valence-electron chi connectivity index (χ4n) is 4.31. The molecule has 0 bridgehead atoms. The quantitative estimate of drug-likeness (QED) is 0.237. The molecule has 10 heteroatoms. The first-order valence-corrected chi connectivity index (χ1v) is 15.7. The molecule has 0 aliphatic rings. The maximum absolute atomic E-state index is 14.1. The first-order valence-electron chi connectivity index (χ1n) is 13.5. The number of carbonyl (C=O) groups excluding carboxylic acids is 2. The van der Waals surface area contributed by atoms with Crippen LogP contribution in [0.15, 0.2) is 65.6 Å². The molecule has 7 nitrogen and oxygen atoms in total. The molecule has 1 atom stereocenters. The summed E-state index contributed by atoms with van der Waals surface area (Å²) in [6.07, 6.45) is 1.69. The monoisotopic (exact) mass is 617 g/mol. The number of nitrogens with zero attached hydrogens (tertiary/aromatic N) is 2. The molecule has 0 spiro atoms. The molecular formula is C31H37Cl2N3O4S. The van der Waals surface area contributed by atoms with Crippen molar-refractivity contribution in [2.75, 3.05) is 17.4 Å².